The van der Waals surface area contributed by atoms with Crippen LogP contribution in [-0.4, -0.2) is 54.9 Å². The van der Waals surface area contributed by atoms with E-state index in [2.05, 4.69) is 20.8 Å². The molecule has 7 heteroatoms. The van der Waals surface area contributed by atoms with Gasteiger partial charge in [-0.3, -0.25) is 9.59 Å². The zero-order valence-corrected chi connectivity index (χ0v) is 28.3. The summed E-state index contributed by atoms with van der Waals surface area (Å²) in [5.74, 6) is -0.411. The molecule has 0 bridgehead atoms. The molecule has 2 aromatic carbocycles. The SMILES string of the molecule is C[C@@H]1CC[C@@H]2[C@]3(C)COC(C)(C)O[C@@H]3CC[C@]2(C)[C@@]12CC[C@@](CCOC(=O)Cc1ccccc1)(COC(=O)Cc1ccccc1)O2. The molecule has 2 heterocycles. The molecule has 2 aromatic rings. The first-order valence-electron chi connectivity index (χ1n) is 17.3. The lowest BCUT2D eigenvalue weighted by Crippen LogP contribution is -2.69. The number of carbonyl (C=O) groups excluding carboxylic acids is 2. The van der Waals surface area contributed by atoms with E-state index in [-0.39, 0.29) is 54.9 Å². The molecule has 0 aromatic heterocycles. The number of hydrogen-bond acceptors (Lipinski definition) is 7. The van der Waals surface area contributed by atoms with E-state index in [0.717, 1.165) is 49.7 Å². The number of fused-ring (bicyclic) bond motifs is 4. The number of rotatable bonds is 9. The maximum absolute atomic E-state index is 13.1. The van der Waals surface area contributed by atoms with Crippen molar-refractivity contribution in [2.24, 2.45) is 22.7 Å². The first kappa shape index (κ1) is 33.2. The van der Waals surface area contributed by atoms with E-state index in [0.29, 0.717) is 24.9 Å². The lowest BCUT2D eigenvalue weighted by Gasteiger charge is -2.67. The smallest absolute Gasteiger partial charge is 0.310 e. The summed E-state index contributed by atoms with van der Waals surface area (Å²) < 4.78 is 32.1. The third-order valence-electron chi connectivity index (χ3n) is 12.1. The van der Waals surface area contributed by atoms with Gasteiger partial charge >= 0.3 is 11.9 Å². The molecule has 0 N–H and O–H groups in total. The third kappa shape index (κ3) is 6.27. The molecule has 2 aliphatic heterocycles. The monoisotopic (exact) mass is 632 g/mol. The van der Waals surface area contributed by atoms with Gasteiger partial charge in [0.15, 0.2) is 5.79 Å². The fraction of sp³-hybridized carbons (Fsp3) is 0.641. The summed E-state index contributed by atoms with van der Waals surface area (Å²) in [5, 5.41) is 0. The molecule has 0 radical (unpaired) electrons. The molecule has 250 valence electrons. The van der Waals surface area contributed by atoms with E-state index in [1.807, 2.05) is 74.5 Å². The second-order valence-corrected chi connectivity index (χ2v) is 15.4. The van der Waals surface area contributed by atoms with E-state index in [1.54, 1.807) is 0 Å². The quantitative estimate of drug-likeness (QED) is 0.270. The van der Waals surface area contributed by atoms with E-state index < -0.39 is 17.0 Å². The van der Waals surface area contributed by atoms with E-state index in [1.165, 1.54) is 0 Å². The number of ether oxygens (including phenoxy) is 5. The average molecular weight is 633 g/mol. The number of carbonyl (C=O) groups is 2. The van der Waals surface area contributed by atoms with Crippen LogP contribution in [0.1, 0.15) is 90.7 Å². The lowest BCUT2D eigenvalue weighted by molar-refractivity contribution is -0.359. The van der Waals surface area contributed by atoms with Crippen LogP contribution < -0.4 is 0 Å². The summed E-state index contributed by atoms with van der Waals surface area (Å²) in [7, 11) is 0. The Morgan fingerprint density at radius 1 is 0.804 bits per heavy atom. The van der Waals surface area contributed by atoms with Gasteiger partial charge in [0, 0.05) is 17.3 Å². The Bertz CT molecular complexity index is 1380. The van der Waals surface area contributed by atoms with Crippen LogP contribution in [0.5, 0.6) is 0 Å². The van der Waals surface area contributed by atoms with Crippen molar-refractivity contribution in [2.75, 3.05) is 19.8 Å². The van der Waals surface area contributed by atoms with Crippen molar-refractivity contribution in [1.82, 2.24) is 0 Å². The second-order valence-electron chi connectivity index (χ2n) is 15.4. The van der Waals surface area contributed by atoms with Gasteiger partial charge in [0.1, 0.15) is 12.2 Å². The van der Waals surface area contributed by atoms with Gasteiger partial charge in [-0.15, -0.1) is 0 Å². The first-order valence-corrected chi connectivity index (χ1v) is 17.3. The van der Waals surface area contributed by atoms with Crippen LogP contribution in [0.15, 0.2) is 60.7 Å². The minimum atomic E-state index is -0.738. The highest BCUT2D eigenvalue weighted by Crippen LogP contribution is 2.69. The molecule has 2 aliphatic carbocycles. The van der Waals surface area contributed by atoms with Crippen LogP contribution in [0.4, 0.5) is 0 Å². The number of hydrogen-bond donors (Lipinski definition) is 0. The molecule has 0 unspecified atom stereocenters. The number of esters is 2. The van der Waals surface area contributed by atoms with E-state index in [9.17, 15) is 9.59 Å². The largest absolute Gasteiger partial charge is 0.465 e. The fourth-order valence-electron chi connectivity index (χ4n) is 9.54. The normalized spacial score (nSPS) is 36.4. The van der Waals surface area contributed by atoms with Crippen molar-refractivity contribution in [1.29, 1.82) is 0 Å². The Morgan fingerprint density at radius 2 is 1.43 bits per heavy atom. The van der Waals surface area contributed by atoms with Gasteiger partial charge in [-0.1, -0.05) is 81.4 Å². The Balaban J connectivity index is 1.22. The van der Waals surface area contributed by atoms with Gasteiger partial charge in [0.25, 0.3) is 0 Å². The summed E-state index contributed by atoms with van der Waals surface area (Å²) in [6.07, 6.45) is 6.82. The summed E-state index contributed by atoms with van der Waals surface area (Å²) in [5.41, 5.74) is 0.491. The predicted molar refractivity (Wildman–Crippen MR) is 175 cm³/mol. The van der Waals surface area contributed by atoms with Crippen LogP contribution in [-0.2, 0) is 46.1 Å². The third-order valence-corrected chi connectivity index (χ3v) is 12.1. The van der Waals surface area contributed by atoms with Crippen molar-refractivity contribution in [2.45, 2.75) is 115 Å². The molecule has 4 fully saturated rings. The summed E-state index contributed by atoms with van der Waals surface area (Å²) in [6.45, 7) is 12.2. The zero-order chi connectivity index (χ0) is 32.6. The second kappa shape index (κ2) is 12.7. The maximum atomic E-state index is 13.1. The van der Waals surface area contributed by atoms with Crippen molar-refractivity contribution < 1.29 is 33.3 Å². The predicted octanol–water partition coefficient (Wildman–Crippen LogP) is 7.24. The summed E-state index contributed by atoms with van der Waals surface area (Å²) in [4.78, 5) is 25.9. The van der Waals surface area contributed by atoms with Gasteiger partial charge in [-0.2, -0.15) is 0 Å². The molecule has 0 amide bonds. The Morgan fingerprint density at radius 3 is 2.09 bits per heavy atom. The van der Waals surface area contributed by atoms with Gasteiger partial charge in [0.05, 0.1) is 37.8 Å². The van der Waals surface area contributed by atoms with E-state index >= 15 is 0 Å². The Labute approximate surface area is 274 Å². The van der Waals surface area contributed by atoms with Crippen molar-refractivity contribution >= 4 is 11.9 Å². The van der Waals surface area contributed by atoms with Gasteiger partial charge in [-0.05, 0) is 75.3 Å². The number of benzene rings is 2. The van der Waals surface area contributed by atoms with Gasteiger partial charge < -0.3 is 23.7 Å². The molecule has 2 saturated carbocycles. The lowest BCUT2D eigenvalue weighted by atomic mass is 9.43. The van der Waals surface area contributed by atoms with Crippen LogP contribution in [0.3, 0.4) is 0 Å². The highest BCUT2D eigenvalue weighted by molar-refractivity contribution is 5.73. The van der Waals surface area contributed by atoms with Gasteiger partial charge in [0.2, 0.25) is 0 Å². The average Bonchev–Trinajstić information content (AvgIpc) is 3.42. The molecular formula is C39H52O7. The summed E-state index contributed by atoms with van der Waals surface area (Å²) >= 11 is 0. The molecule has 7 atom stereocenters. The van der Waals surface area contributed by atoms with Crippen LogP contribution in [0.25, 0.3) is 0 Å². The fourth-order valence-corrected chi connectivity index (χ4v) is 9.54. The highest BCUT2D eigenvalue weighted by Gasteiger charge is 2.70. The standard InChI is InChI=1S/C39H52O7/c1-28-16-17-31-36(4)26-44-35(2,3)45-32(36)18-19-37(31,5)39(28)21-20-38(46-39,27-43-34(41)25-30-14-10-7-11-15-30)22-23-42-33(40)24-29-12-8-6-9-13-29/h6-15,28,31-32H,16-27H2,1-5H3/t28-,31-,32-,36+,37+,38-,39-/m1/s1. The molecule has 46 heavy (non-hydrogen) atoms. The Hall–Kier alpha value is -2.74. The van der Waals surface area contributed by atoms with Crippen molar-refractivity contribution in [3.63, 3.8) is 0 Å². The van der Waals surface area contributed by atoms with Crippen LogP contribution >= 0.6 is 0 Å². The molecule has 2 saturated heterocycles. The maximum Gasteiger partial charge on any atom is 0.310 e. The molecule has 1 spiro atoms. The van der Waals surface area contributed by atoms with Crippen molar-refractivity contribution in [3.8, 4) is 0 Å². The highest BCUT2D eigenvalue weighted by atomic mass is 16.7. The van der Waals surface area contributed by atoms with Crippen LogP contribution in [0.2, 0.25) is 0 Å². The van der Waals surface area contributed by atoms with Crippen LogP contribution in [0, 0.1) is 22.7 Å². The molecule has 6 rings (SSSR count). The summed E-state index contributed by atoms with van der Waals surface area (Å²) in [6, 6.07) is 19.3. The first-order chi connectivity index (χ1) is 21.9. The molecule has 7 nitrogen and oxygen atoms in total. The minimum Gasteiger partial charge on any atom is -0.465 e. The topological polar surface area (TPSA) is 80.3 Å². The molecular weight excluding hydrogens is 580 g/mol. The van der Waals surface area contributed by atoms with Crippen molar-refractivity contribution in [3.05, 3.63) is 71.8 Å². The minimum absolute atomic E-state index is 0.107. The van der Waals surface area contributed by atoms with Gasteiger partial charge in [-0.25, -0.2) is 0 Å². The zero-order valence-electron chi connectivity index (χ0n) is 28.3. The van der Waals surface area contributed by atoms with E-state index in [4.69, 9.17) is 23.7 Å². The Kier molecular flexibility index (Phi) is 9.16. The molecule has 4 aliphatic rings.